The summed E-state index contributed by atoms with van der Waals surface area (Å²) in [4.78, 5) is 30.2. The van der Waals surface area contributed by atoms with Crippen LogP contribution in [0, 0.1) is 13.8 Å². The van der Waals surface area contributed by atoms with Crippen molar-refractivity contribution in [3.05, 3.63) is 41.7 Å². The summed E-state index contributed by atoms with van der Waals surface area (Å²) in [6.07, 6.45) is 6.13. The standard InChI is InChI=1S/C19H24N4O2S/c1-13-6-7-15(11-14(13)2)22-10-8-21-19(22)26-12-17(24)23-9-4-3-5-16(23)18(20)25/h6-8,10-11,16H,3-5,9,12H2,1-2H3,(H2,20,25)/t16-/m1/s1. The quantitative estimate of drug-likeness (QED) is 0.818. The van der Waals surface area contributed by atoms with Gasteiger partial charge in [-0.1, -0.05) is 17.8 Å². The third-order valence-electron chi connectivity index (χ3n) is 4.85. The van der Waals surface area contributed by atoms with Gasteiger partial charge in [-0.25, -0.2) is 4.98 Å². The summed E-state index contributed by atoms with van der Waals surface area (Å²) in [5, 5.41) is 0.759. The van der Waals surface area contributed by atoms with E-state index in [-0.39, 0.29) is 11.7 Å². The minimum atomic E-state index is -0.476. The van der Waals surface area contributed by atoms with Crippen LogP contribution < -0.4 is 5.73 Å². The van der Waals surface area contributed by atoms with Crippen molar-refractivity contribution >= 4 is 23.6 Å². The molecule has 1 aromatic carbocycles. The number of aryl methyl sites for hydroxylation is 2. The van der Waals surface area contributed by atoms with Crippen LogP contribution in [0.25, 0.3) is 5.69 Å². The number of thioether (sulfide) groups is 1. The molecule has 0 unspecified atom stereocenters. The predicted octanol–water partition coefficient (Wildman–Crippen LogP) is 2.45. The molecule has 0 aliphatic carbocycles. The Balaban J connectivity index is 1.70. The van der Waals surface area contributed by atoms with E-state index in [4.69, 9.17) is 5.73 Å². The van der Waals surface area contributed by atoms with Gasteiger partial charge in [0.05, 0.1) is 5.75 Å². The summed E-state index contributed by atoms with van der Waals surface area (Å²) in [5.41, 5.74) is 8.92. The first kappa shape index (κ1) is 18.5. The number of carbonyl (C=O) groups excluding carboxylic acids is 2. The highest BCUT2D eigenvalue weighted by atomic mass is 32.2. The molecule has 1 aromatic heterocycles. The van der Waals surface area contributed by atoms with Gasteiger partial charge >= 0.3 is 0 Å². The molecule has 6 nitrogen and oxygen atoms in total. The lowest BCUT2D eigenvalue weighted by molar-refractivity contribution is -0.138. The molecule has 2 heterocycles. The van der Waals surface area contributed by atoms with Crippen molar-refractivity contribution in [1.82, 2.24) is 14.5 Å². The maximum absolute atomic E-state index is 12.6. The zero-order valence-electron chi connectivity index (χ0n) is 15.1. The average Bonchev–Trinajstić information content (AvgIpc) is 3.10. The number of nitrogens with zero attached hydrogens (tertiary/aromatic N) is 3. The SMILES string of the molecule is Cc1ccc(-n2ccnc2SCC(=O)N2CCCC[C@@H]2C(N)=O)cc1C. The summed E-state index contributed by atoms with van der Waals surface area (Å²) in [6, 6.07) is 5.76. The summed E-state index contributed by atoms with van der Waals surface area (Å²) in [5.74, 6) is -0.237. The molecule has 3 rings (SSSR count). The lowest BCUT2D eigenvalue weighted by Crippen LogP contribution is -2.51. The van der Waals surface area contributed by atoms with Crippen molar-refractivity contribution in [3.63, 3.8) is 0 Å². The van der Waals surface area contributed by atoms with Crippen LogP contribution in [0.15, 0.2) is 35.7 Å². The maximum Gasteiger partial charge on any atom is 0.240 e. The molecule has 26 heavy (non-hydrogen) atoms. The summed E-state index contributed by atoms with van der Waals surface area (Å²) in [6.45, 7) is 4.75. The largest absolute Gasteiger partial charge is 0.368 e. The Labute approximate surface area is 157 Å². The van der Waals surface area contributed by atoms with Crippen LogP contribution in [0.3, 0.4) is 0 Å². The second-order valence-corrected chi connectivity index (χ2v) is 7.58. The Bertz CT molecular complexity index is 818. The zero-order chi connectivity index (χ0) is 18.7. The van der Waals surface area contributed by atoms with Gasteiger partial charge in [0.1, 0.15) is 6.04 Å². The number of primary amides is 1. The minimum Gasteiger partial charge on any atom is -0.368 e. The Morgan fingerprint density at radius 1 is 1.27 bits per heavy atom. The molecule has 0 radical (unpaired) electrons. The molecule has 2 N–H and O–H groups in total. The number of likely N-dealkylation sites (tertiary alicyclic amines) is 1. The number of hydrogen-bond acceptors (Lipinski definition) is 4. The first-order valence-corrected chi connectivity index (χ1v) is 9.78. The van der Waals surface area contributed by atoms with Crippen molar-refractivity contribution in [2.24, 2.45) is 5.73 Å². The van der Waals surface area contributed by atoms with E-state index in [9.17, 15) is 9.59 Å². The fourth-order valence-electron chi connectivity index (χ4n) is 3.20. The molecular weight excluding hydrogens is 348 g/mol. The van der Waals surface area contributed by atoms with Gasteiger partial charge in [-0.05, 0) is 56.4 Å². The number of imidazole rings is 1. The van der Waals surface area contributed by atoms with Crippen LogP contribution in [-0.2, 0) is 9.59 Å². The van der Waals surface area contributed by atoms with E-state index in [2.05, 4.69) is 31.0 Å². The van der Waals surface area contributed by atoms with Crippen molar-refractivity contribution in [1.29, 1.82) is 0 Å². The van der Waals surface area contributed by atoms with Crippen molar-refractivity contribution in [2.45, 2.75) is 44.3 Å². The number of hydrogen-bond donors (Lipinski definition) is 1. The number of benzene rings is 1. The van der Waals surface area contributed by atoms with Crippen LogP contribution in [-0.4, -0.2) is 44.6 Å². The van der Waals surface area contributed by atoms with Gasteiger partial charge in [-0.3, -0.25) is 14.2 Å². The van der Waals surface area contributed by atoms with Crippen molar-refractivity contribution in [3.8, 4) is 5.69 Å². The van der Waals surface area contributed by atoms with E-state index in [0.29, 0.717) is 13.0 Å². The molecule has 0 saturated carbocycles. The molecule has 2 amide bonds. The van der Waals surface area contributed by atoms with Gasteiger partial charge in [0.25, 0.3) is 0 Å². The van der Waals surface area contributed by atoms with E-state index in [0.717, 1.165) is 23.7 Å². The van der Waals surface area contributed by atoms with E-state index >= 15 is 0 Å². The van der Waals surface area contributed by atoms with E-state index in [1.54, 1.807) is 11.1 Å². The summed E-state index contributed by atoms with van der Waals surface area (Å²) < 4.78 is 1.98. The lowest BCUT2D eigenvalue weighted by Gasteiger charge is -2.33. The molecule has 138 valence electrons. The molecule has 0 bridgehead atoms. The van der Waals surface area contributed by atoms with E-state index in [1.165, 1.54) is 22.9 Å². The fourth-order valence-corrected chi connectivity index (χ4v) is 4.06. The first-order chi connectivity index (χ1) is 12.5. The molecule has 1 saturated heterocycles. The second kappa shape index (κ2) is 7.95. The first-order valence-electron chi connectivity index (χ1n) is 8.80. The molecule has 7 heteroatoms. The average molecular weight is 372 g/mol. The molecule has 1 fully saturated rings. The molecular formula is C19H24N4O2S. The smallest absolute Gasteiger partial charge is 0.240 e. The zero-order valence-corrected chi connectivity index (χ0v) is 16.0. The highest BCUT2D eigenvalue weighted by Crippen LogP contribution is 2.24. The maximum atomic E-state index is 12.6. The monoisotopic (exact) mass is 372 g/mol. The highest BCUT2D eigenvalue weighted by Gasteiger charge is 2.30. The summed E-state index contributed by atoms with van der Waals surface area (Å²) >= 11 is 1.38. The summed E-state index contributed by atoms with van der Waals surface area (Å²) in [7, 11) is 0. The normalized spacial score (nSPS) is 17.3. The molecule has 1 aliphatic rings. The Hall–Kier alpha value is -2.28. The number of piperidine rings is 1. The van der Waals surface area contributed by atoms with E-state index < -0.39 is 11.9 Å². The third-order valence-corrected chi connectivity index (χ3v) is 5.80. The molecule has 2 aromatic rings. The van der Waals surface area contributed by atoms with Crippen molar-refractivity contribution in [2.75, 3.05) is 12.3 Å². The number of carbonyl (C=O) groups is 2. The second-order valence-electron chi connectivity index (χ2n) is 6.64. The number of nitrogens with two attached hydrogens (primary N) is 1. The molecule has 1 aliphatic heterocycles. The Morgan fingerprint density at radius 2 is 2.08 bits per heavy atom. The molecule has 0 spiro atoms. The Kier molecular flexibility index (Phi) is 5.66. The van der Waals surface area contributed by atoms with Crippen LogP contribution in [0.1, 0.15) is 30.4 Å². The van der Waals surface area contributed by atoms with Gasteiger partial charge in [0, 0.05) is 24.6 Å². The number of amides is 2. The van der Waals surface area contributed by atoms with Crippen LogP contribution in [0.4, 0.5) is 0 Å². The third kappa shape index (κ3) is 3.93. The van der Waals surface area contributed by atoms with Gasteiger partial charge in [0.15, 0.2) is 5.16 Å². The van der Waals surface area contributed by atoms with Crippen LogP contribution in [0.5, 0.6) is 0 Å². The van der Waals surface area contributed by atoms with Crippen molar-refractivity contribution < 1.29 is 9.59 Å². The molecule has 1 atom stereocenters. The fraction of sp³-hybridized carbons (Fsp3) is 0.421. The van der Waals surface area contributed by atoms with E-state index in [1.807, 2.05) is 16.8 Å². The van der Waals surface area contributed by atoms with Crippen LogP contribution >= 0.6 is 11.8 Å². The van der Waals surface area contributed by atoms with Gasteiger partial charge in [-0.2, -0.15) is 0 Å². The minimum absolute atomic E-state index is 0.0619. The number of aromatic nitrogens is 2. The topological polar surface area (TPSA) is 81.2 Å². The van der Waals surface area contributed by atoms with Gasteiger partial charge in [0.2, 0.25) is 11.8 Å². The van der Waals surface area contributed by atoms with Gasteiger partial charge in [-0.15, -0.1) is 0 Å². The highest BCUT2D eigenvalue weighted by molar-refractivity contribution is 7.99. The lowest BCUT2D eigenvalue weighted by atomic mass is 10.0. The number of rotatable bonds is 5. The van der Waals surface area contributed by atoms with Crippen LogP contribution in [0.2, 0.25) is 0 Å². The Morgan fingerprint density at radius 3 is 2.81 bits per heavy atom. The van der Waals surface area contributed by atoms with Gasteiger partial charge < -0.3 is 10.6 Å². The predicted molar refractivity (Wildman–Crippen MR) is 102 cm³/mol.